The van der Waals surface area contributed by atoms with Gasteiger partial charge in [0.1, 0.15) is 0 Å². The van der Waals surface area contributed by atoms with Crippen molar-refractivity contribution in [2.75, 3.05) is 6.54 Å². The Labute approximate surface area is 136 Å². The Morgan fingerprint density at radius 3 is 2.62 bits per heavy atom. The van der Waals surface area contributed by atoms with Gasteiger partial charge in [-0.1, -0.05) is 59.3 Å². The van der Waals surface area contributed by atoms with Crippen LogP contribution in [0.4, 0.5) is 0 Å². The van der Waals surface area contributed by atoms with E-state index >= 15 is 0 Å². The molecule has 0 heterocycles. The molecular formula is C19H24BrN. The second kappa shape index (κ2) is 8.35. The van der Waals surface area contributed by atoms with Gasteiger partial charge in [-0.15, -0.1) is 0 Å². The Hall–Kier alpha value is -1.12. The van der Waals surface area contributed by atoms with Gasteiger partial charge in [0.15, 0.2) is 0 Å². The van der Waals surface area contributed by atoms with Crippen molar-refractivity contribution >= 4 is 15.9 Å². The molecule has 2 aromatic carbocycles. The molecule has 0 aromatic heterocycles. The second-order valence-electron chi connectivity index (χ2n) is 5.55. The normalized spacial score (nSPS) is 12.3. The number of aryl methyl sites for hydroxylation is 2. The number of benzene rings is 2. The lowest BCUT2D eigenvalue weighted by Crippen LogP contribution is -2.31. The van der Waals surface area contributed by atoms with Gasteiger partial charge in [0.25, 0.3) is 0 Å². The van der Waals surface area contributed by atoms with Crippen molar-refractivity contribution in [3.8, 4) is 0 Å². The van der Waals surface area contributed by atoms with Gasteiger partial charge in [-0.2, -0.15) is 0 Å². The van der Waals surface area contributed by atoms with Crippen LogP contribution in [0.1, 0.15) is 30.0 Å². The van der Waals surface area contributed by atoms with E-state index in [9.17, 15) is 0 Å². The van der Waals surface area contributed by atoms with Crippen molar-refractivity contribution in [1.29, 1.82) is 0 Å². The van der Waals surface area contributed by atoms with E-state index in [1.165, 1.54) is 23.1 Å². The predicted molar refractivity (Wildman–Crippen MR) is 94.8 cm³/mol. The summed E-state index contributed by atoms with van der Waals surface area (Å²) in [6.07, 6.45) is 3.39. The molecule has 0 radical (unpaired) electrons. The van der Waals surface area contributed by atoms with Crippen LogP contribution in [0.25, 0.3) is 0 Å². The maximum Gasteiger partial charge on any atom is 0.0178 e. The van der Waals surface area contributed by atoms with Gasteiger partial charge in [-0.3, -0.25) is 0 Å². The highest BCUT2D eigenvalue weighted by Gasteiger charge is 2.09. The fraction of sp³-hybridized carbons (Fsp3) is 0.368. The first-order valence-corrected chi connectivity index (χ1v) is 8.50. The van der Waals surface area contributed by atoms with Crippen molar-refractivity contribution in [2.45, 2.75) is 39.2 Å². The monoisotopic (exact) mass is 345 g/mol. The van der Waals surface area contributed by atoms with Crippen LogP contribution < -0.4 is 5.32 Å². The highest BCUT2D eigenvalue weighted by Crippen LogP contribution is 2.16. The summed E-state index contributed by atoms with van der Waals surface area (Å²) in [6, 6.07) is 17.9. The number of hydrogen-bond acceptors (Lipinski definition) is 1. The molecule has 0 amide bonds. The third kappa shape index (κ3) is 5.29. The fourth-order valence-electron chi connectivity index (χ4n) is 2.73. The topological polar surface area (TPSA) is 12.0 Å². The van der Waals surface area contributed by atoms with E-state index in [-0.39, 0.29) is 0 Å². The Kier molecular flexibility index (Phi) is 6.47. The molecule has 21 heavy (non-hydrogen) atoms. The zero-order valence-electron chi connectivity index (χ0n) is 12.9. The molecule has 0 fully saturated rings. The van der Waals surface area contributed by atoms with Gasteiger partial charge >= 0.3 is 0 Å². The SMILES string of the molecule is CCNC(CCc1ccccc1C)Cc1cccc(Br)c1. The summed E-state index contributed by atoms with van der Waals surface area (Å²) in [5.74, 6) is 0. The molecule has 0 saturated heterocycles. The lowest BCUT2D eigenvalue weighted by atomic mass is 9.97. The third-order valence-corrected chi connectivity index (χ3v) is 4.38. The van der Waals surface area contributed by atoms with Gasteiger partial charge in [0.2, 0.25) is 0 Å². The first kappa shape index (κ1) is 16.3. The highest BCUT2D eigenvalue weighted by atomic mass is 79.9. The summed E-state index contributed by atoms with van der Waals surface area (Å²) < 4.78 is 1.16. The van der Waals surface area contributed by atoms with Crippen LogP contribution in [0.15, 0.2) is 53.0 Å². The molecule has 0 aliphatic carbocycles. The number of nitrogens with one attached hydrogen (secondary N) is 1. The molecule has 1 N–H and O–H groups in total. The van der Waals surface area contributed by atoms with Crippen LogP contribution in [0.5, 0.6) is 0 Å². The number of likely N-dealkylation sites (N-methyl/N-ethyl adjacent to an activating group) is 1. The summed E-state index contributed by atoms with van der Waals surface area (Å²) >= 11 is 3.56. The molecule has 0 saturated carbocycles. The van der Waals surface area contributed by atoms with Crippen molar-refractivity contribution in [3.63, 3.8) is 0 Å². The van der Waals surface area contributed by atoms with Crippen LogP contribution in [-0.2, 0) is 12.8 Å². The Morgan fingerprint density at radius 2 is 1.90 bits per heavy atom. The average Bonchev–Trinajstić information content (AvgIpc) is 2.46. The van der Waals surface area contributed by atoms with Crippen molar-refractivity contribution < 1.29 is 0 Å². The molecule has 112 valence electrons. The largest absolute Gasteiger partial charge is 0.314 e. The molecule has 2 rings (SSSR count). The van der Waals surface area contributed by atoms with Crippen molar-refractivity contribution in [3.05, 3.63) is 69.7 Å². The Bertz CT molecular complexity index is 565. The lowest BCUT2D eigenvalue weighted by Gasteiger charge is -2.19. The average molecular weight is 346 g/mol. The quantitative estimate of drug-likeness (QED) is 0.751. The number of rotatable bonds is 7. The Balaban J connectivity index is 1.97. The molecule has 0 bridgehead atoms. The molecule has 0 spiro atoms. The van der Waals surface area contributed by atoms with E-state index in [2.05, 4.69) is 83.6 Å². The minimum Gasteiger partial charge on any atom is -0.314 e. The van der Waals surface area contributed by atoms with E-state index in [0.29, 0.717) is 6.04 Å². The molecule has 2 aromatic rings. The standard InChI is InChI=1S/C19H24BrN/c1-3-21-19(14-16-8-6-10-18(20)13-16)12-11-17-9-5-4-7-15(17)2/h4-10,13,19,21H,3,11-12,14H2,1-2H3. The third-order valence-electron chi connectivity index (χ3n) is 3.89. The van der Waals surface area contributed by atoms with E-state index < -0.39 is 0 Å². The number of halogens is 1. The molecule has 1 atom stereocenters. The zero-order chi connectivity index (χ0) is 15.1. The molecule has 2 heteroatoms. The maximum absolute atomic E-state index is 3.62. The van der Waals surface area contributed by atoms with Crippen LogP contribution in [0.2, 0.25) is 0 Å². The molecular weight excluding hydrogens is 322 g/mol. The summed E-state index contributed by atoms with van der Waals surface area (Å²) in [5, 5.41) is 3.62. The van der Waals surface area contributed by atoms with Crippen molar-refractivity contribution in [1.82, 2.24) is 5.32 Å². The summed E-state index contributed by atoms with van der Waals surface area (Å²) in [7, 11) is 0. The van der Waals surface area contributed by atoms with Gasteiger partial charge < -0.3 is 5.32 Å². The van der Waals surface area contributed by atoms with E-state index in [0.717, 1.165) is 23.9 Å². The lowest BCUT2D eigenvalue weighted by molar-refractivity contribution is 0.490. The molecule has 1 nitrogen and oxygen atoms in total. The first-order chi connectivity index (χ1) is 10.2. The van der Waals surface area contributed by atoms with Crippen LogP contribution in [0.3, 0.4) is 0 Å². The Morgan fingerprint density at radius 1 is 1.10 bits per heavy atom. The van der Waals surface area contributed by atoms with Gasteiger partial charge in [-0.05, 0) is 61.6 Å². The zero-order valence-corrected chi connectivity index (χ0v) is 14.5. The van der Waals surface area contributed by atoms with Gasteiger partial charge in [0, 0.05) is 10.5 Å². The molecule has 0 aliphatic rings. The van der Waals surface area contributed by atoms with Crippen LogP contribution in [-0.4, -0.2) is 12.6 Å². The maximum atomic E-state index is 3.62. The van der Waals surface area contributed by atoms with Gasteiger partial charge in [0.05, 0.1) is 0 Å². The summed E-state index contributed by atoms with van der Waals surface area (Å²) in [6.45, 7) is 5.40. The first-order valence-electron chi connectivity index (χ1n) is 7.71. The second-order valence-corrected chi connectivity index (χ2v) is 6.47. The van der Waals surface area contributed by atoms with E-state index in [4.69, 9.17) is 0 Å². The summed E-state index contributed by atoms with van der Waals surface area (Å²) in [5.41, 5.74) is 4.25. The predicted octanol–water partition coefficient (Wildman–Crippen LogP) is 4.91. The minimum atomic E-state index is 0.531. The molecule has 0 aliphatic heterocycles. The highest BCUT2D eigenvalue weighted by molar-refractivity contribution is 9.10. The van der Waals surface area contributed by atoms with Crippen LogP contribution in [0, 0.1) is 6.92 Å². The van der Waals surface area contributed by atoms with E-state index in [1.807, 2.05) is 0 Å². The molecule has 1 unspecified atom stereocenters. The number of hydrogen-bond donors (Lipinski definition) is 1. The summed E-state index contributed by atoms with van der Waals surface area (Å²) in [4.78, 5) is 0. The fourth-order valence-corrected chi connectivity index (χ4v) is 3.18. The minimum absolute atomic E-state index is 0.531. The van der Waals surface area contributed by atoms with Crippen molar-refractivity contribution in [2.24, 2.45) is 0 Å². The van der Waals surface area contributed by atoms with E-state index in [1.54, 1.807) is 0 Å². The van der Waals surface area contributed by atoms with Gasteiger partial charge in [-0.25, -0.2) is 0 Å². The van der Waals surface area contributed by atoms with Crippen LogP contribution >= 0.6 is 15.9 Å². The smallest absolute Gasteiger partial charge is 0.0178 e.